The lowest BCUT2D eigenvalue weighted by Crippen LogP contribution is -2.10. The van der Waals surface area contributed by atoms with E-state index in [9.17, 15) is 8.78 Å². The quantitative estimate of drug-likeness (QED) is 0.921. The number of aryl methyl sites for hydroxylation is 2. The number of nitrogens with zero attached hydrogens (tertiary/aromatic N) is 2. The van der Waals surface area contributed by atoms with Crippen LogP contribution in [0, 0.1) is 25.5 Å². The Kier molecular flexibility index (Phi) is 4.04. The van der Waals surface area contributed by atoms with Crippen LogP contribution in [0.4, 0.5) is 14.6 Å². The van der Waals surface area contributed by atoms with E-state index >= 15 is 0 Å². The molecule has 2 rings (SSSR count). The maximum absolute atomic E-state index is 13.6. The van der Waals surface area contributed by atoms with Crippen molar-refractivity contribution >= 4 is 5.82 Å². The predicted octanol–water partition coefficient (Wildman–Crippen LogP) is 3.03. The van der Waals surface area contributed by atoms with Crippen molar-refractivity contribution in [3.8, 4) is 0 Å². The van der Waals surface area contributed by atoms with Crippen molar-refractivity contribution in [1.29, 1.82) is 0 Å². The van der Waals surface area contributed by atoms with E-state index in [1.54, 1.807) is 13.0 Å². The molecule has 19 heavy (non-hydrogen) atoms. The molecule has 0 aliphatic heterocycles. The molecule has 100 valence electrons. The number of aromatic nitrogens is 2. The van der Waals surface area contributed by atoms with E-state index in [-0.39, 0.29) is 11.6 Å². The average molecular weight is 263 g/mol. The van der Waals surface area contributed by atoms with E-state index in [0.717, 1.165) is 11.1 Å². The Morgan fingerprint density at radius 1 is 1.16 bits per heavy atom. The van der Waals surface area contributed by atoms with Gasteiger partial charge < -0.3 is 5.32 Å². The fourth-order valence-corrected chi connectivity index (χ4v) is 1.84. The Morgan fingerprint density at radius 2 is 1.95 bits per heavy atom. The zero-order valence-corrected chi connectivity index (χ0v) is 10.9. The minimum Gasteiger partial charge on any atom is -0.367 e. The predicted molar refractivity (Wildman–Crippen MR) is 70.1 cm³/mol. The number of anilines is 1. The van der Waals surface area contributed by atoms with Crippen molar-refractivity contribution in [2.75, 3.05) is 11.9 Å². The molecule has 0 atom stereocenters. The second kappa shape index (κ2) is 5.73. The molecule has 3 nitrogen and oxygen atoms in total. The summed E-state index contributed by atoms with van der Waals surface area (Å²) in [6.07, 6.45) is 2.00. The minimum atomic E-state index is -0.432. The molecule has 0 amide bonds. The Bertz CT molecular complexity index is 585. The molecule has 0 aliphatic carbocycles. The smallest absolute Gasteiger partial charge is 0.186 e. The number of halogens is 2. The summed E-state index contributed by atoms with van der Waals surface area (Å²) in [6.45, 7) is 3.97. The Balaban J connectivity index is 1.98. The van der Waals surface area contributed by atoms with E-state index in [2.05, 4.69) is 15.3 Å². The van der Waals surface area contributed by atoms with Gasteiger partial charge >= 0.3 is 0 Å². The second-order valence-corrected chi connectivity index (χ2v) is 4.37. The van der Waals surface area contributed by atoms with Crippen molar-refractivity contribution in [3.63, 3.8) is 0 Å². The molecular weight excluding hydrogens is 248 g/mol. The summed E-state index contributed by atoms with van der Waals surface area (Å²) in [5, 5.41) is 2.92. The van der Waals surface area contributed by atoms with Crippen LogP contribution in [0.3, 0.4) is 0 Å². The van der Waals surface area contributed by atoms with Gasteiger partial charge in [0.1, 0.15) is 12.1 Å². The first-order chi connectivity index (χ1) is 9.08. The highest BCUT2D eigenvalue weighted by Crippen LogP contribution is 2.13. The van der Waals surface area contributed by atoms with E-state index in [1.807, 2.05) is 6.92 Å². The number of benzene rings is 1. The summed E-state index contributed by atoms with van der Waals surface area (Å²) < 4.78 is 26.6. The fraction of sp³-hybridized carbons (Fsp3) is 0.286. The topological polar surface area (TPSA) is 37.8 Å². The molecule has 5 heteroatoms. The molecule has 1 N–H and O–H groups in total. The molecule has 0 unspecified atom stereocenters. The van der Waals surface area contributed by atoms with Gasteiger partial charge in [0, 0.05) is 6.54 Å². The van der Waals surface area contributed by atoms with Gasteiger partial charge in [0.15, 0.2) is 11.6 Å². The van der Waals surface area contributed by atoms with Crippen LogP contribution in [-0.2, 0) is 6.42 Å². The third-order valence-electron chi connectivity index (χ3n) is 2.96. The average Bonchev–Trinajstić information content (AvgIpc) is 2.37. The Morgan fingerprint density at radius 3 is 2.68 bits per heavy atom. The highest BCUT2D eigenvalue weighted by atomic mass is 19.1. The summed E-state index contributed by atoms with van der Waals surface area (Å²) >= 11 is 0. The number of rotatable bonds is 4. The third kappa shape index (κ3) is 3.24. The maximum Gasteiger partial charge on any atom is 0.186 e. The molecule has 0 radical (unpaired) electrons. The molecule has 0 bridgehead atoms. The Labute approximate surface area is 110 Å². The normalized spacial score (nSPS) is 10.5. The van der Waals surface area contributed by atoms with Gasteiger partial charge in [0.2, 0.25) is 0 Å². The molecule has 0 saturated carbocycles. The van der Waals surface area contributed by atoms with Crippen LogP contribution in [0.1, 0.15) is 16.8 Å². The summed E-state index contributed by atoms with van der Waals surface area (Å²) in [4.78, 5) is 7.61. The number of hydrogen-bond donors (Lipinski definition) is 1. The van der Waals surface area contributed by atoms with Crippen LogP contribution >= 0.6 is 0 Å². The molecule has 2 aromatic rings. The molecule has 0 fully saturated rings. The molecule has 1 aromatic heterocycles. The van der Waals surface area contributed by atoms with Gasteiger partial charge in [-0.25, -0.2) is 18.7 Å². The van der Waals surface area contributed by atoms with E-state index < -0.39 is 5.82 Å². The van der Waals surface area contributed by atoms with Gasteiger partial charge in [0.25, 0.3) is 0 Å². The molecule has 1 heterocycles. The summed E-state index contributed by atoms with van der Waals surface area (Å²) in [7, 11) is 0. The first-order valence-electron chi connectivity index (χ1n) is 6.04. The highest BCUT2D eigenvalue weighted by molar-refractivity contribution is 5.37. The summed E-state index contributed by atoms with van der Waals surface area (Å²) in [5.74, 6) is -0.475. The molecular formula is C14H15F2N3. The van der Waals surface area contributed by atoms with E-state index in [4.69, 9.17) is 0 Å². The van der Waals surface area contributed by atoms with Gasteiger partial charge in [-0.15, -0.1) is 0 Å². The first kappa shape index (κ1) is 13.4. The lowest BCUT2D eigenvalue weighted by Gasteiger charge is -2.09. The van der Waals surface area contributed by atoms with E-state index in [1.165, 1.54) is 18.5 Å². The van der Waals surface area contributed by atoms with Crippen molar-refractivity contribution in [3.05, 3.63) is 53.0 Å². The van der Waals surface area contributed by atoms with Crippen LogP contribution in [0.25, 0.3) is 0 Å². The number of nitrogens with one attached hydrogen (secondary N) is 1. The highest BCUT2D eigenvalue weighted by Gasteiger charge is 2.07. The standard InChI is InChI=1S/C14H15F2N3/c1-9-7-12(15)4-3-11(9)5-6-17-14-13(16)10(2)18-8-19-14/h3-4,7-8H,5-6H2,1-2H3,(H,17,18,19). The second-order valence-electron chi connectivity index (χ2n) is 4.37. The lowest BCUT2D eigenvalue weighted by atomic mass is 10.1. The maximum atomic E-state index is 13.6. The van der Waals surface area contributed by atoms with Crippen molar-refractivity contribution < 1.29 is 8.78 Å². The minimum absolute atomic E-state index is 0.201. The molecule has 0 spiro atoms. The van der Waals surface area contributed by atoms with Gasteiger partial charge in [0.05, 0.1) is 5.69 Å². The van der Waals surface area contributed by atoms with Gasteiger partial charge in [-0.3, -0.25) is 0 Å². The summed E-state index contributed by atoms with van der Waals surface area (Å²) in [5.41, 5.74) is 2.23. The van der Waals surface area contributed by atoms with Gasteiger partial charge in [-0.05, 0) is 43.5 Å². The molecule has 0 aliphatic rings. The van der Waals surface area contributed by atoms with E-state index in [0.29, 0.717) is 18.7 Å². The van der Waals surface area contributed by atoms with Crippen molar-refractivity contribution in [2.45, 2.75) is 20.3 Å². The van der Waals surface area contributed by atoms with Gasteiger partial charge in [-0.1, -0.05) is 6.07 Å². The zero-order chi connectivity index (χ0) is 13.8. The van der Waals surface area contributed by atoms with Crippen molar-refractivity contribution in [2.24, 2.45) is 0 Å². The first-order valence-corrected chi connectivity index (χ1v) is 6.04. The van der Waals surface area contributed by atoms with Gasteiger partial charge in [-0.2, -0.15) is 0 Å². The Hall–Kier alpha value is -2.04. The lowest BCUT2D eigenvalue weighted by molar-refractivity contribution is 0.604. The molecule has 0 saturated heterocycles. The van der Waals surface area contributed by atoms with Crippen LogP contribution < -0.4 is 5.32 Å². The molecule has 1 aromatic carbocycles. The van der Waals surface area contributed by atoms with Crippen LogP contribution in [-0.4, -0.2) is 16.5 Å². The fourth-order valence-electron chi connectivity index (χ4n) is 1.84. The zero-order valence-electron chi connectivity index (χ0n) is 10.9. The van der Waals surface area contributed by atoms with Crippen molar-refractivity contribution in [1.82, 2.24) is 9.97 Å². The summed E-state index contributed by atoms with van der Waals surface area (Å²) in [6, 6.07) is 4.66. The van der Waals surface area contributed by atoms with Crippen LogP contribution in [0.15, 0.2) is 24.5 Å². The SMILES string of the molecule is Cc1cc(F)ccc1CCNc1ncnc(C)c1F. The monoisotopic (exact) mass is 263 g/mol. The van der Waals surface area contributed by atoms with Crippen LogP contribution in [0.2, 0.25) is 0 Å². The number of hydrogen-bond acceptors (Lipinski definition) is 3. The van der Waals surface area contributed by atoms with Crippen LogP contribution in [0.5, 0.6) is 0 Å². The third-order valence-corrected chi connectivity index (χ3v) is 2.96. The largest absolute Gasteiger partial charge is 0.367 e.